The van der Waals surface area contributed by atoms with E-state index in [0.29, 0.717) is 5.82 Å². The van der Waals surface area contributed by atoms with E-state index in [1.54, 1.807) is 6.07 Å². The lowest BCUT2D eigenvalue weighted by Crippen LogP contribution is -2.23. The highest BCUT2D eigenvalue weighted by Gasteiger charge is 2.18. The van der Waals surface area contributed by atoms with Crippen LogP contribution in [0.2, 0.25) is 0 Å². The minimum absolute atomic E-state index is 0.0991. The van der Waals surface area contributed by atoms with Crippen LogP contribution in [0.15, 0.2) is 6.07 Å². The molecule has 0 radical (unpaired) electrons. The Morgan fingerprint density at radius 2 is 1.87 bits per heavy atom. The molecule has 0 amide bonds. The second kappa shape index (κ2) is 4.02. The van der Waals surface area contributed by atoms with Crippen molar-refractivity contribution in [3.8, 4) is 0 Å². The Morgan fingerprint density at radius 3 is 2.33 bits per heavy atom. The zero-order chi connectivity index (χ0) is 11.6. The number of nitrogens with one attached hydrogen (secondary N) is 1. The molecule has 0 bridgehead atoms. The zero-order valence-electron chi connectivity index (χ0n) is 10.00. The summed E-state index contributed by atoms with van der Waals surface area (Å²) in [6, 6.07) is 1.72. The van der Waals surface area contributed by atoms with Gasteiger partial charge in [-0.1, -0.05) is 20.8 Å². The number of anilines is 2. The van der Waals surface area contributed by atoms with Gasteiger partial charge in [-0.15, -0.1) is 0 Å². The largest absolute Gasteiger partial charge is 0.384 e. The number of hydrazine groups is 1. The van der Waals surface area contributed by atoms with Gasteiger partial charge in [0.15, 0.2) is 0 Å². The average Bonchev–Trinajstić information content (AvgIpc) is 1.99. The molecule has 0 aliphatic heterocycles. The fourth-order valence-electron chi connectivity index (χ4n) is 1.09. The summed E-state index contributed by atoms with van der Waals surface area (Å²) in [5, 5.41) is 1.81. The molecule has 5 nitrogen and oxygen atoms in total. The summed E-state index contributed by atoms with van der Waals surface area (Å²) in [5.74, 6) is 1.95. The summed E-state index contributed by atoms with van der Waals surface area (Å²) in [7, 11) is 3.80. The van der Waals surface area contributed by atoms with Gasteiger partial charge in [-0.2, -0.15) is 0 Å². The first kappa shape index (κ1) is 11.7. The number of hydrogen-bond acceptors (Lipinski definition) is 5. The van der Waals surface area contributed by atoms with Crippen molar-refractivity contribution >= 4 is 11.6 Å². The summed E-state index contributed by atoms with van der Waals surface area (Å²) in [6.45, 7) is 6.17. The highest BCUT2D eigenvalue weighted by Crippen LogP contribution is 2.21. The number of nitrogens with zero attached hydrogens (tertiary/aromatic N) is 3. The number of nitrogen functional groups attached to an aromatic ring is 1. The standard InChI is InChI=1S/C10H19N5/c1-10(2,3)9-12-7(11)6-8(13-9)14-15(4)5/h6H,1-5H3,(H3,11,12,13,14). The van der Waals surface area contributed by atoms with Gasteiger partial charge in [0.05, 0.1) is 0 Å². The van der Waals surface area contributed by atoms with E-state index < -0.39 is 0 Å². The molecular weight excluding hydrogens is 190 g/mol. The molecule has 0 aliphatic rings. The van der Waals surface area contributed by atoms with Gasteiger partial charge in [-0.05, 0) is 0 Å². The predicted octanol–water partition coefficient (Wildman–Crippen LogP) is 1.24. The van der Waals surface area contributed by atoms with E-state index in [2.05, 4.69) is 36.2 Å². The maximum Gasteiger partial charge on any atom is 0.146 e. The smallest absolute Gasteiger partial charge is 0.146 e. The fraction of sp³-hybridized carbons (Fsp3) is 0.600. The third-order valence-electron chi connectivity index (χ3n) is 1.75. The van der Waals surface area contributed by atoms with E-state index >= 15 is 0 Å². The molecule has 0 saturated heterocycles. The van der Waals surface area contributed by atoms with Crippen molar-refractivity contribution in [2.24, 2.45) is 0 Å². The van der Waals surface area contributed by atoms with Crippen molar-refractivity contribution < 1.29 is 0 Å². The monoisotopic (exact) mass is 209 g/mol. The third-order valence-corrected chi connectivity index (χ3v) is 1.75. The molecule has 84 valence electrons. The van der Waals surface area contributed by atoms with Crippen LogP contribution in [0.3, 0.4) is 0 Å². The van der Waals surface area contributed by atoms with E-state index in [-0.39, 0.29) is 5.41 Å². The van der Waals surface area contributed by atoms with Crippen molar-refractivity contribution in [3.63, 3.8) is 0 Å². The Morgan fingerprint density at radius 1 is 1.27 bits per heavy atom. The minimum Gasteiger partial charge on any atom is -0.384 e. The molecule has 0 saturated carbocycles. The normalized spacial score (nSPS) is 11.9. The highest BCUT2D eigenvalue weighted by molar-refractivity contribution is 5.44. The van der Waals surface area contributed by atoms with Gasteiger partial charge in [-0.25, -0.2) is 15.0 Å². The van der Waals surface area contributed by atoms with Crippen molar-refractivity contribution in [2.45, 2.75) is 26.2 Å². The van der Waals surface area contributed by atoms with Crippen LogP contribution < -0.4 is 11.2 Å². The number of hydrogen-bond donors (Lipinski definition) is 2. The van der Waals surface area contributed by atoms with Crippen molar-refractivity contribution in [1.82, 2.24) is 15.0 Å². The molecule has 1 aromatic heterocycles. The molecule has 0 spiro atoms. The quantitative estimate of drug-likeness (QED) is 0.717. The van der Waals surface area contributed by atoms with E-state index in [9.17, 15) is 0 Å². The van der Waals surface area contributed by atoms with Crippen LogP contribution in [0.1, 0.15) is 26.6 Å². The zero-order valence-corrected chi connectivity index (χ0v) is 10.00. The van der Waals surface area contributed by atoms with Crippen LogP contribution in [0.4, 0.5) is 11.6 Å². The van der Waals surface area contributed by atoms with Gasteiger partial charge in [-0.3, -0.25) is 0 Å². The molecule has 1 rings (SSSR count). The van der Waals surface area contributed by atoms with Crippen molar-refractivity contribution in [2.75, 3.05) is 25.3 Å². The molecule has 3 N–H and O–H groups in total. The summed E-state index contributed by atoms with van der Waals surface area (Å²) < 4.78 is 0. The fourth-order valence-corrected chi connectivity index (χ4v) is 1.09. The first-order chi connectivity index (χ1) is 6.79. The summed E-state index contributed by atoms with van der Waals surface area (Å²) in [5.41, 5.74) is 8.68. The molecule has 1 aromatic rings. The van der Waals surface area contributed by atoms with Crippen LogP contribution in [-0.2, 0) is 5.41 Å². The Bertz CT molecular complexity index is 340. The first-order valence-corrected chi connectivity index (χ1v) is 4.88. The molecular formula is C10H19N5. The van der Waals surface area contributed by atoms with Crippen LogP contribution >= 0.6 is 0 Å². The highest BCUT2D eigenvalue weighted by atomic mass is 15.5. The predicted molar refractivity (Wildman–Crippen MR) is 62.5 cm³/mol. The summed E-state index contributed by atoms with van der Waals surface area (Å²) >= 11 is 0. The number of rotatable bonds is 2. The maximum absolute atomic E-state index is 5.72. The Balaban J connectivity index is 3.06. The van der Waals surface area contributed by atoms with Gasteiger partial charge in [0, 0.05) is 25.6 Å². The summed E-state index contributed by atoms with van der Waals surface area (Å²) in [6.07, 6.45) is 0. The van der Waals surface area contributed by atoms with Gasteiger partial charge in [0.25, 0.3) is 0 Å². The second-order valence-corrected chi connectivity index (χ2v) is 4.76. The van der Waals surface area contributed by atoms with E-state index in [1.807, 2.05) is 19.1 Å². The van der Waals surface area contributed by atoms with Crippen LogP contribution in [-0.4, -0.2) is 29.1 Å². The molecule has 0 unspecified atom stereocenters. The number of aromatic nitrogens is 2. The molecule has 1 heterocycles. The SMILES string of the molecule is CN(C)Nc1cc(N)nc(C(C)(C)C)n1. The minimum atomic E-state index is -0.0991. The second-order valence-electron chi connectivity index (χ2n) is 4.76. The molecule has 15 heavy (non-hydrogen) atoms. The van der Waals surface area contributed by atoms with Gasteiger partial charge in [0.1, 0.15) is 17.5 Å². The average molecular weight is 209 g/mol. The van der Waals surface area contributed by atoms with Gasteiger partial charge < -0.3 is 11.2 Å². The molecule has 0 fully saturated rings. The van der Waals surface area contributed by atoms with Crippen LogP contribution in [0.25, 0.3) is 0 Å². The summed E-state index contributed by atoms with van der Waals surface area (Å²) in [4.78, 5) is 8.62. The van der Waals surface area contributed by atoms with Crippen LogP contribution in [0, 0.1) is 0 Å². The lowest BCUT2D eigenvalue weighted by atomic mass is 9.96. The topological polar surface area (TPSA) is 67.1 Å². The molecule has 0 aliphatic carbocycles. The third kappa shape index (κ3) is 3.36. The van der Waals surface area contributed by atoms with Crippen molar-refractivity contribution in [1.29, 1.82) is 0 Å². The Labute approximate surface area is 90.7 Å². The lowest BCUT2D eigenvalue weighted by molar-refractivity contribution is 0.487. The first-order valence-electron chi connectivity index (χ1n) is 4.88. The molecule has 0 aromatic carbocycles. The van der Waals surface area contributed by atoms with Gasteiger partial charge >= 0.3 is 0 Å². The number of nitrogens with two attached hydrogens (primary N) is 1. The maximum atomic E-state index is 5.72. The van der Waals surface area contributed by atoms with Crippen molar-refractivity contribution in [3.05, 3.63) is 11.9 Å². The molecule has 0 atom stereocenters. The van der Waals surface area contributed by atoms with Crippen LogP contribution in [0.5, 0.6) is 0 Å². The van der Waals surface area contributed by atoms with E-state index in [0.717, 1.165) is 11.6 Å². The van der Waals surface area contributed by atoms with Gasteiger partial charge in [0.2, 0.25) is 0 Å². The lowest BCUT2D eigenvalue weighted by Gasteiger charge is -2.19. The molecule has 5 heteroatoms. The Kier molecular flexibility index (Phi) is 3.14. The Hall–Kier alpha value is -1.36. The van der Waals surface area contributed by atoms with E-state index in [1.165, 1.54) is 0 Å². The van der Waals surface area contributed by atoms with E-state index in [4.69, 9.17) is 5.73 Å².